The van der Waals surface area contributed by atoms with Gasteiger partial charge in [-0.2, -0.15) is 8.42 Å². The summed E-state index contributed by atoms with van der Waals surface area (Å²) in [5.74, 6) is -0.896. The Morgan fingerprint density at radius 3 is 2.06 bits per heavy atom. The van der Waals surface area contributed by atoms with Gasteiger partial charge < -0.3 is 18.8 Å². The molecule has 102 valence electrons. The second kappa shape index (κ2) is 5.83. The lowest BCUT2D eigenvalue weighted by atomic mass is 10.3. The molecule has 3 N–H and O–H groups in total. The molecular formula is C6H8O9P2S. The molecule has 0 aliphatic rings. The highest BCUT2D eigenvalue weighted by Gasteiger charge is 2.19. The summed E-state index contributed by atoms with van der Waals surface area (Å²) >= 11 is 0. The molecule has 0 bridgehead atoms. The first-order valence-electron chi connectivity index (χ1n) is 4.13. The quantitative estimate of drug-likeness (QED) is 0.520. The molecule has 2 unspecified atom stereocenters. The maximum Gasteiger partial charge on any atom is 0.365 e. The summed E-state index contributed by atoms with van der Waals surface area (Å²) in [6, 6.07) is 2.63. The molecule has 0 aromatic heterocycles. The zero-order valence-corrected chi connectivity index (χ0v) is 11.2. The second-order valence-corrected chi connectivity index (χ2v) is 5.68. The van der Waals surface area contributed by atoms with E-state index in [9.17, 15) is 17.5 Å². The van der Waals surface area contributed by atoms with Crippen LogP contribution in [0.1, 0.15) is 0 Å². The van der Waals surface area contributed by atoms with Gasteiger partial charge in [-0.1, -0.05) is 0 Å². The monoisotopic (exact) mass is 318 g/mol. The summed E-state index contributed by atoms with van der Waals surface area (Å²) in [6.45, 7) is 0. The molecule has 0 radical (unpaired) electrons. The molecule has 1 aromatic rings. The van der Waals surface area contributed by atoms with Crippen molar-refractivity contribution in [3.63, 3.8) is 0 Å². The third-order valence-corrected chi connectivity index (χ3v) is 3.28. The Labute approximate surface area is 103 Å². The highest BCUT2D eigenvalue weighted by Crippen LogP contribution is 2.34. The third-order valence-electron chi connectivity index (χ3n) is 1.60. The highest BCUT2D eigenvalue weighted by molar-refractivity contribution is 7.86. The number of hydrogen-bond donors (Lipinski definition) is 3. The van der Waals surface area contributed by atoms with Crippen LogP contribution in [0.4, 0.5) is 0 Å². The molecule has 0 fully saturated rings. The Balaban J connectivity index is 3.29. The van der Waals surface area contributed by atoms with Gasteiger partial charge in [-0.3, -0.25) is 4.55 Å². The number of hydrogen-bond acceptors (Lipinski definition) is 6. The topological polar surface area (TPSA) is 147 Å². The predicted molar refractivity (Wildman–Crippen MR) is 60.0 cm³/mol. The molecule has 0 saturated carbocycles. The molecule has 0 heterocycles. The zero-order valence-electron chi connectivity index (χ0n) is 8.43. The summed E-state index contributed by atoms with van der Waals surface area (Å²) < 4.78 is 60.4. The van der Waals surface area contributed by atoms with Crippen molar-refractivity contribution >= 4 is 26.6 Å². The fraction of sp³-hybridized carbons (Fsp3) is 0. The SMILES string of the molecule is O=[PH](O)Oc1ccc(O[PH](=O)O)c(S(=O)(=O)O)c1. The lowest BCUT2D eigenvalue weighted by Crippen LogP contribution is -2.01. The average Bonchev–Trinajstić information content (AvgIpc) is 2.17. The fourth-order valence-corrected chi connectivity index (χ4v) is 2.43. The minimum atomic E-state index is -4.75. The van der Waals surface area contributed by atoms with E-state index in [2.05, 4.69) is 9.05 Å². The van der Waals surface area contributed by atoms with E-state index in [1.54, 1.807) is 0 Å². The van der Waals surface area contributed by atoms with Gasteiger partial charge in [-0.15, -0.1) is 0 Å². The normalized spacial score (nSPS) is 14.8. The maximum absolute atomic E-state index is 11.0. The Bertz CT molecular complexity index is 595. The molecule has 0 aliphatic heterocycles. The fourth-order valence-electron chi connectivity index (χ4n) is 1.03. The summed E-state index contributed by atoms with van der Waals surface area (Å²) in [4.78, 5) is 16.2. The van der Waals surface area contributed by atoms with Gasteiger partial charge in [0.05, 0.1) is 0 Å². The molecule has 2 atom stereocenters. The summed E-state index contributed by atoms with van der Waals surface area (Å²) in [5.41, 5.74) is 0. The smallest absolute Gasteiger partial charge is 0.365 e. The van der Waals surface area contributed by atoms with Crippen LogP contribution in [-0.4, -0.2) is 22.8 Å². The van der Waals surface area contributed by atoms with E-state index >= 15 is 0 Å². The Morgan fingerprint density at radius 2 is 1.61 bits per heavy atom. The average molecular weight is 318 g/mol. The first-order chi connectivity index (χ1) is 8.20. The molecule has 9 nitrogen and oxygen atoms in total. The van der Waals surface area contributed by atoms with Crippen LogP contribution in [0.15, 0.2) is 23.1 Å². The van der Waals surface area contributed by atoms with Gasteiger partial charge in [-0.05, 0) is 12.1 Å². The molecule has 1 rings (SSSR count). The van der Waals surface area contributed by atoms with Crippen LogP contribution >= 0.6 is 16.5 Å². The third kappa shape index (κ3) is 4.41. The van der Waals surface area contributed by atoms with E-state index in [0.29, 0.717) is 6.07 Å². The molecule has 0 aliphatic carbocycles. The lowest BCUT2D eigenvalue weighted by molar-refractivity contribution is 0.398. The minimum Gasteiger partial charge on any atom is -0.426 e. The van der Waals surface area contributed by atoms with E-state index in [1.807, 2.05) is 0 Å². The van der Waals surface area contributed by atoms with Crippen LogP contribution in [0.2, 0.25) is 0 Å². The van der Waals surface area contributed by atoms with Crippen LogP contribution in [0.25, 0.3) is 0 Å². The minimum absolute atomic E-state index is 0.320. The van der Waals surface area contributed by atoms with Gasteiger partial charge in [0, 0.05) is 6.07 Å². The van der Waals surface area contributed by atoms with Gasteiger partial charge in [0.1, 0.15) is 16.4 Å². The van der Waals surface area contributed by atoms with Crippen molar-refractivity contribution in [2.75, 3.05) is 0 Å². The van der Waals surface area contributed by atoms with Gasteiger partial charge in [0.2, 0.25) is 0 Å². The van der Waals surface area contributed by atoms with Crippen molar-refractivity contribution in [2.45, 2.75) is 4.90 Å². The van der Waals surface area contributed by atoms with Gasteiger partial charge in [0.15, 0.2) is 0 Å². The van der Waals surface area contributed by atoms with Crippen LogP contribution in [0.3, 0.4) is 0 Å². The molecule has 0 spiro atoms. The van der Waals surface area contributed by atoms with E-state index in [1.165, 1.54) is 0 Å². The van der Waals surface area contributed by atoms with Crippen molar-refractivity contribution in [1.29, 1.82) is 0 Å². The lowest BCUT2D eigenvalue weighted by Gasteiger charge is -2.08. The van der Waals surface area contributed by atoms with E-state index in [0.717, 1.165) is 12.1 Å². The molecular weight excluding hydrogens is 310 g/mol. The molecule has 0 amide bonds. The predicted octanol–water partition coefficient (Wildman–Crippen LogP) is 0.455. The van der Waals surface area contributed by atoms with Crippen LogP contribution in [0.5, 0.6) is 11.5 Å². The van der Waals surface area contributed by atoms with Crippen LogP contribution in [-0.2, 0) is 19.2 Å². The Hall–Kier alpha value is -0.890. The Morgan fingerprint density at radius 1 is 1.06 bits per heavy atom. The number of benzene rings is 1. The van der Waals surface area contributed by atoms with Gasteiger partial charge in [-0.25, -0.2) is 9.13 Å². The van der Waals surface area contributed by atoms with E-state index < -0.39 is 37.3 Å². The second-order valence-electron chi connectivity index (χ2n) is 2.82. The van der Waals surface area contributed by atoms with E-state index in [4.69, 9.17) is 14.3 Å². The molecule has 18 heavy (non-hydrogen) atoms. The standard InChI is InChI=1S/C6H8O9P2S/c7-16(8)14-4-1-2-5(15-17(9)10)6(3-4)18(11,12)13/h1-3,16-17H,(H,7,8)(H,9,10)(H,11,12,13). The summed E-state index contributed by atoms with van der Waals surface area (Å²) in [5, 5.41) is 0. The molecule has 12 heteroatoms. The van der Waals surface area contributed by atoms with Crippen molar-refractivity contribution in [3.05, 3.63) is 18.2 Å². The van der Waals surface area contributed by atoms with E-state index in [-0.39, 0.29) is 5.75 Å². The van der Waals surface area contributed by atoms with Gasteiger partial charge in [0.25, 0.3) is 10.1 Å². The first kappa shape index (κ1) is 15.2. The molecule has 1 aromatic carbocycles. The maximum atomic E-state index is 11.0. The van der Waals surface area contributed by atoms with Crippen molar-refractivity contribution in [2.24, 2.45) is 0 Å². The Kier molecular flexibility index (Phi) is 4.92. The zero-order chi connectivity index (χ0) is 13.9. The molecule has 0 saturated heterocycles. The van der Waals surface area contributed by atoms with Gasteiger partial charge >= 0.3 is 16.5 Å². The largest absolute Gasteiger partial charge is 0.426 e. The number of rotatable bonds is 5. The summed E-state index contributed by atoms with van der Waals surface area (Å²) in [7, 11) is -11.6. The van der Waals surface area contributed by atoms with Crippen molar-refractivity contribution < 1.29 is 40.9 Å². The first-order valence-corrected chi connectivity index (χ1v) is 8.10. The highest BCUT2D eigenvalue weighted by atomic mass is 32.2. The van der Waals surface area contributed by atoms with Crippen LogP contribution in [0, 0.1) is 0 Å². The van der Waals surface area contributed by atoms with Crippen LogP contribution < -0.4 is 9.05 Å². The summed E-state index contributed by atoms with van der Waals surface area (Å²) in [6.07, 6.45) is 0. The van der Waals surface area contributed by atoms with Crippen molar-refractivity contribution in [3.8, 4) is 11.5 Å². The van der Waals surface area contributed by atoms with Crippen molar-refractivity contribution in [1.82, 2.24) is 0 Å².